The average molecular weight is 285 g/mol. The van der Waals surface area contributed by atoms with Gasteiger partial charge in [0.1, 0.15) is 0 Å². The molecule has 0 spiro atoms. The smallest absolute Gasteiger partial charge is 0.230 e. The van der Waals surface area contributed by atoms with E-state index in [1.165, 1.54) is 31.2 Å². The molecule has 4 nitrogen and oxygen atoms in total. The molecule has 21 heavy (non-hydrogen) atoms. The van der Waals surface area contributed by atoms with Crippen molar-refractivity contribution in [3.05, 3.63) is 47.7 Å². The lowest BCUT2D eigenvalue weighted by Crippen LogP contribution is -2.39. The number of aryl methyl sites for hydroxylation is 1. The zero-order chi connectivity index (χ0) is 14.5. The van der Waals surface area contributed by atoms with Crippen molar-refractivity contribution >= 4 is 0 Å². The maximum absolute atomic E-state index is 5.44. The molecule has 1 aliphatic rings. The van der Waals surface area contributed by atoms with Gasteiger partial charge >= 0.3 is 0 Å². The predicted octanol–water partition coefficient (Wildman–Crippen LogP) is 3.27. The topological polar surface area (TPSA) is 51.0 Å². The SMILES string of the molecule is Cc1nnc(CN[C@H]2CCCC[C@H]2Cc2ccccc2)o1. The van der Waals surface area contributed by atoms with E-state index in [4.69, 9.17) is 4.42 Å². The highest BCUT2D eigenvalue weighted by Gasteiger charge is 2.25. The molecule has 112 valence electrons. The Morgan fingerprint density at radius 3 is 2.71 bits per heavy atom. The van der Waals surface area contributed by atoms with Crippen molar-refractivity contribution in [2.45, 2.75) is 51.6 Å². The number of nitrogens with zero attached hydrogens (tertiary/aromatic N) is 2. The number of rotatable bonds is 5. The molecule has 0 saturated heterocycles. The molecule has 0 bridgehead atoms. The number of benzene rings is 1. The van der Waals surface area contributed by atoms with Crippen LogP contribution in [0.25, 0.3) is 0 Å². The Morgan fingerprint density at radius 2 is 1.95 bits per heavy atom. The Balaban J connectivity index is 1.58. The van der Waals surface area contributed by atoms with Crippen LogP contribution in [0.2, 0.25) is 0 Å². The van der Waals surface area contributed by atoms with Crippen LogP contribution >= 0.6 is 0 Å². The van der Waals surface area contributed by atoms with E-state index in [0.717, 1.165) is 6.42 Å². The van der Waals surface area contributed by atoms with Gasteiger partial charge in [-0.25, -0.2) is 0 Å². The predicted molar refractivity (Wildman–Crippen MR) is 81.8 cm³/mol. The summed E-state index contributed by atoms with van der Waals surface area (Å²) in [5.74, 6) is 2.03. The fourth-order valence-electron chi connectivity index (χ4n) is 3.26. The van der Waals surface area contributed by atoms with Gasteiger partial charge in [-0.15, -0.1) is 10.2 Å². The minimum atomic E-state index is 0.547. The minimum Gasteiger partial charge on any atom is -0.424 e. The van der Waals surface area contributed by atoms with Gasteiger partial charge in [0.05, 0.1) is 6.54 Å². The molecule has 1 aromatic heterocycles. The lowest BCUT2D eigenvalue weighted by atomic mass is 9.80. The van der Waals surface area contributed by atoms with Crippen molar-refractivity contribution in [1.82, 2.24) is 15.5 Å². The second-order valence-electron chi connectivity index (χ2n) is 5.94. The summed E-state index contributed by atoms with van der Waals surface area (Å²) in [5.41, 5.74) is 1.44. The summed E-state index contributed by atoms with van der Waals surface area (Å²) in [6.07, 6.45) is 6.35. The molecule has 3 rings (SSSR count). The summed E-state index contributed by atoms with van der Waals surface area (Å²) >= 11 is 0. The third-order valence-electron chi connectivity index (χ3n) is 4.33. The van der Waals surface area contributed by atoms with Crippen LogP contribution in [0.3, 0.4) is 0 Å². The highest BCUT2D eigenvalue weighted by atomic mass is 16.4. The molecule has 4 heteroatoms. The van der Waals surface area contributed by atoms with Crippen LogP contribution in [0, 0.1) is 12.8 Å². The fraction of sp³-hybridized carbons (Fsp3) is 0.529. The molecule has 0 amide bonds. The molecule has 2 atom stereocenters. The van der Waals surface area contributed by atoms with E-state index in [1.54, 1.807) is 0 Å². The first-order valence-electron chi connectivity index (χ1n) is 7.87. The lowest BCUT2D eigenvalue weighted by molar-refractivity contribution is 0.252. The minimum absolute atomic E-state index is 0.547. The van der Waals surface area contributed by atoms with E-state index in [2.05, 4.69) is 45.8 Å². The molecule has 1 N–H and O–H groups in total. The van der Waals surface area contributed by atoms with Gasteiger partial charge in [0.2, 0.25) is 11.8 Å². The van der Waals surface area contributed by atoms with Crippen molar-refractivity contribution in [1.29, 1.82) is 0 Å². The van der Waals surface area contributed by atoms with Gasteiger partial charge in [0.25, 0.3) is 0 Å². The Bertz CT molecular complexity index is 552. The van der Waals surface area contributed by atoms with Gasteiger partial charge in [-0.1, -0.05) is 43.2 Å². The van der Waals surface area contributed by atoms with Crippen LogP contribution in [-0.4, -0.2) is 16.2 Å². The quantitative estimate of drug-likeness (QED) is 0.916. The van der Waals surface area contributed by atoms with Crippen LogP contribution in [0.15, 0.2) is 34.7 Å². The Morgan fingerprint density at radius 1 is 1.14 bits per heavy atom. The summed E-state index contributed by atoms with van der Waals surface area (Å²) in [4.78, 5) is 0. The van der Waals surface area contributed by atoms with Gasteiger partial charge in [0, 0.05) is 13.0 Å². The fourth-order valence-corrected chi connectivity index (χ4v) is 3.26. The highest BCUT2D eigenvalue weighted by Crippen LogP contribution is 2.27. The first-order valence-corrected chi connectivity index (χ1v) is 7.87. The van der Waals surface area contributed by atoms with Gasteiger partial charge in [-0.2, -0.15) is 0 Å². The van der Waals surface area contributed by atoms with Crippen LogP contribution in [0.4, 0.5) is 0 Å². The number of hydrogen-bond donors (Lipinski definition) is 1. The summed E-state index contributed by atoms with van der Waals surface area (Å²) < 4.78 is 5.44. The zero-order valence-corrected chi connectivity index (χ0v) is 12.6. The van der Waals surface area contributed by atoms with Crippen molar-refractivity contribution in [3.8, 4) is 0 Å². The van der Waals surface area contributed by atoms with Gasteiger partial charge in [0.15, 0.2) is 0 Å². The number of nitrogens with one attached hydrogen (secondary N) is 1. The molecule has 0 unspecified atom stereocenters. The second kappa shape index (κ2) is 6.85. The van der Waals surface area contributed by atoms with E-state index in [-0.39, 0.29) is 0 Å². The van der Waals surface area contributed by atoms with Crippen molar-refractivity contribution in [2.24, 2.45) is 5.92 Å². The van der Waals surface area contributed by atoms with Crippen LogP contribution in [-0.2, 0) is 13.0 Å². The Labute approximate surface area is 126 Å². The molecule has 1 aromatic carbocycles. The maximum atomic E-state index is 5.44. The molecule has 0 radical (unpaired) electrons. The molecule has 1 aliphatic carbocycles. The monoisotopic (exact) mass is 285 g/mol. The molecule has 1 fully saturated rings. The number of hydrogen-bond acceptors (Lipinski definition) is 4. The van der Waals surface area contributed by atoms with E-state index in [1.807, 2.05) is 6.92 Å². The molecule has 0 aliphatic heterocycles. The van der Waals surface area contributed by atoms with E-state index in [0.29, 0.717) is 30.3 Å². The van der Waals surface area contributed by atoms with Crippen LogP contribution in [0.5, 0.6) is 0 Å². The average Bonchev–Trinajstić information content (AvgIpc) is 2.93. The standard InChI is InChI=1S/C17H23N3O/c1-13-19-20-17(21-13)12-18-16-10-6-5-9-15(16)11-14-7-3-2-4-8-14/h2-4,7-8,15-16,18H,5-6,9-12H2,1H3/t15-,16-/m0/s1. The molecule has 1 saturated carbocycles. The van der Waals surface area contributed by atoms with E-state index < -0.39 is 0 Å². The van der Waals surface area contributed by atoms with Gasteiger partial charge in [-0.3, -0.25) is 0 Å². The largest absolute Gasteiger partial charge is 0.424 e. The summed E-state index contributed by atoms with van der Waals surface area (Å²) in [6.45, 7) is 2.51. The Hall–Kier alpha value is -1.68. The molecular formula is C17H23N3O. The van der Waals surface area contributed by atoms with Crippen LogP contribution in [0.1, 0.15) is 43.0 Å². The summed E-state index contributed by atoms with van der Waals surface area (Å²) in [7, 11) is 0. The Kier molecular flexibility index (Phi) is 4.65. The molecular weight excluding hydrogens is 262 g/mol. The first kappa shape index (κ1) is 14.3. The number of aromatic nitrogens is 2. The third-order valence-corrected chi connectivity index (χ3v) is 4.33. The van der Waals surface area contributed by atoms with Gasteiger partial charge in [-0.05, 0) is 30.7 Å². The van der Waals surface area contributed by atoms with Gasteiger partial charge < -0.3 is 9.73 Å². The summed E-state index contributed by atoms with van der Waals surface area (Å²) in [6, 6.07) is 11.3. The van der Waals surface area contributed by atoms with Crippen molar-refractivity contribution in [2.75, 3.05) is 0 Å². The van der Waals surface area contributed by atoms with Crippen molar-refractivity contribution in [3.63, 3.8) is 0 Å². The van der Waals surface area contributed by atoms with Crippen molar-refractivity contribution < 1.29 is 4.42 Å². The third kappa shape index (κ3) is 3.91. The molecule has 1 heterocycles. The summed E-state index contributed by atoms with van der Waals surface area (Å²) in [5, 5.41) is 11.6. The second-order valence-corrected chi connectivity index (χ2v) is 5.94. The van der Waals surface area contributed by atoms with E-state index >= 15 is 0 Å². The lowest BCUT2D eigenvalue weighted by Gasteiger charge is -2.32. The van der Waals surface area contributed by atoms with Crippen LogP contribution < -0.4 is 5.32 Å². The zero-order valence-electron chi connectivity index (χ0n) is 12.6. The van der Waals surface area contributed by atoms with E-state index in [9.17, 15) is 0 Å². The normalized spacial score (nSPS) is 22.3. The highest BCUT2D eigenvalue weighted by molar-refractivity contribution is 5.15. The maximum Gasteiger partial charge on any atom is 0.230 e. The molecule has 2 aromatic rings. The first-order chi connectivity index (χ1) is 10.3.